The van der Waals surface area contributed by atoms with Crippen LogP contribution in [0.4, 0.5) is 0 Å². The highest BCUT2D eigenvalue weighted by molar-refractivity contribution is 4.86. The summed E-state index contributed by atoms with van der Waals surface area (Å²) in [5, 5.41) is 9.20. The average Bonchev–Trinajstić information content (AvgIpc) is 2.17. The van der Waals surface area contributed by atoms with E-state index in [1.807, 2.05) is 0 Å². The van der Waals surface area contributed by atoms with Crippen molar-refractivity contribution < 1.29 is 5.11 Å². The number of hydrogen-bond donors (Lipinski definition) is 1. The van der Waals surface area contributed by atoms with E-state index in [2.05, 4.69) is 4.90 Å². The summed E-state index contributed by atoms with van der Waals surface area (Å²) < 4.78 is 0. The lowest BCUT2D eigenvalue weighted by molar-refractivity contribution is 0.0312. The van der Waals surface area contributed by atoms with Gasteiger partial charge in [0.05, 0.1) is 0 Å². The van der Waals surface area contributed by atoms with E-state index >= 15 is 0 Å². The summed E-state index contributed by atoms with van der Waals surface area (Å²) >= 11 is 0. The fraction of sp³-hybridized carbons (Fsp3) is 1.00. The number of piperidine rings is 2. The van der Waals surface area contributed by atoms with Gasteiger partial charge in [-0.15, -0.1) is 0 Å². The van der Waals surface area contributed by atoms with E-state index < -0.39 is 0 Å². The van der Waals surface area contributed by atoms with Gasteiger partial charge in [-0.3, -0.25) is 0 Å². The number of aliphatic hydroxyl groups excluding tert-OH is 1. The molecule has 2 saturated heterocycles. The van der Waals surface area contributed by atoms with Crippen LogP contribution in [0.1, 0.15) is 32.1 Å². The molecule has 2 heteroatoms. The van der Waals surface area contributed by atoms with Gasteiger partial charge in [-0.2, -0.15) is 0 Å². The van der Waals surface area contributed by atoms with Crippen LogP contribution >= 0.6 is 0 Å². The zero-order valence-corrected chi connectivity index (χ0v) is 7.71. The van der Waals surface area contributed by atoms with E-state index in [-0.39, 0.29) is 0 Å². The SMILES string of the molecule is OC[C@H]1CCCN2CCCC[C@H]12. The van der Waals surface area contributed by atoms with Crippen LogP contribution < -0.4 is 0 Å². The molecule has 2 atom stereocenters. The second-order valence-corrected chi connectivity index (χ2v) is 4.18. The minimum Gasteiger partial charge on any atom is -0.396 e. The van der Waals surface area contributed by atoms with Gasteiger partial charge in [0.15, 0.2) is 0 Å². The third kappa shape index (κ3) is 1.50. The van der Waals surface area contributed by atoms with Gasteiger partial charge >= 0.3 is 0 Å². The standard InChI is InChI=1S/C10H19NO/c12-8-9-4-3-7-11-6-2-1-5-10(9)11/h9-10,12H,1-8H2/t9-,10-/m1/s1. The Labute approximate surface area is 74.6 Å². The van der Waals surface area contributed by atoms with Gasteiger partial charge < -0.3 is 10.0 Å². The maximum absolute atomic E-state index is 9.20. The highest BCUT2D eigenvalue weighted by Crippen LogP contribution is 2.30. The highest BCUT2D eigenvalue weighted by Gasteiger charge is 2.32. The molecule has 70 valence electrons. The first kappa shape index (κ1) is 8.52. The normalized spacial score (nSPS) is 37.8. The first-order valence-electron chi connectivity index (χ1n) is 5.26. The van der Waals surface area contributed by atoms with Crippen LogP contribution in [-0.2, 0) is 0 Å². The molecule has 0 amide bonds. The molecule has 0 aromatic heterocycles. The predicted molar refractivity (Wildman–Crippen MR) is 49.0 cm³/mol. The maximum atomic E-state index is 9.20. The van der Waals surface area contributed by atoms with Crippen LogP contribution in [0.15, 0.2) is 0 Å². The molecule has 2 fully saturated rings. The van der Waals surface area contributed by atoms with Crippen molar-refractivity contribution in [3.8, 4) is 0 Å². The van der Waals surface area contributed by atoms with Crippen molar-refractivity contribution in [1.82, 2.24) is 4.90 Å². The van der Waals surface area contributed by atoms with Crippen LogP contribution in [0.5, 0.6) is 0 Å². The summed E-state index contributed by atoms with van der Waals surface area (Å²) in [6, 6.07) is 0.720. The lowest BCUT2D eigenvalue weighted by Gasteiger charge is -2.43. The van der Waals surface area contributed by atoms with E-state index in [1.54, 1.807) is 0 Å². The van der Waals surface area contributed by atoms with Gasteiger partial charge in [0.2, 0.25) is 0 Å². The molecular formula is C10H19NO. The third-order valence-corrected chi connectivity index (χ3v) is 3.46. The third-order valence-electron chi connectivity index (χ3n) is 3.46. The summed E-state index contributed by atoms with van der Waals surface area (Å²) in [4.78, 5) is 2.59. The summed E-state index contributed by atoms with van der Waals surface area (Å²) in [5.74, 6) is 0.582. The molecule has 2 aliphatic heterocycles. The zero-order chi connectivity index (χ0) is 8.39. The van der Waals surface area contributed by atoms with Crippen LogP contribution in [-0.4, -0.2) is 35.7 Å². The molecule has 0 radical (unpaired) electrons. The number of nitrogens with zero attached hydrogens (tertiary/aromatic N) is 1. The largest absolute Gasteiger partial charge is 0.396 e. The molecule has 0 aromatic carbocycles. The van der Waals surface area contributed by atoms with Crippen molar-refractivity contribution in [3.63, 3.8) is 0 Å². The summed E-state index contributed by atoms with van der Waals surface area (Å²) in [6.07, 6.45) is 6.61. The van der Waals surface area contributed by atoms with Gasteiger partial charge in [0, 0.05) is 12.6 Å². The Morgan fingerprint density at radius 1 is 1.08 bits per heavy atom. The number of rotatable bonds is 1. The van der Waals surface area contributed by atoms with Gasteiger partial charge in [-0.1, -0.05) is 6.42 Å². The summed E-state index contributed by atoms with van der Waals surface area (Å²) in [6.45, 7) is 2.96. The molecule has 0 saturated carbocycles. The summed E-state index contributed by atoms with van der Waals surface area (Å²) in [5.41, 5.74) is 0. The van der Waals surface area contributed by atoms with E-state index in [4.69, 9.17) is 0 Å². The van der Waals surface area contributed by atoms with Gasteiger partial charge in [-0.25, -0.2) is 0 Å². The topological polar surface area (TPSA) is 23.5 Å². The lowest BCUT2D eigenvalue weighted by Crippen LogP contribution is -2.48. The predicted octanol–water partition coefficient (Wildman–Crippen LogP) is 1.24. The molecule has 2 rings (SSSR count). The zero-order valence-electron chi connectivity index (χ0n) is 7.71. The van der Waals surface area contributed by atoms with Crippen molar-refractivity contribution in [2.45, 2.75) is 38.1 Å². The van der Waals surface area contributed by atoms with E-state index in [0.29, 0.717) is 12.5 Å². The van der Waals surface area contributed by atoms with Crippen LogP contribution in [0, 0.1) is 5.92 Å². The molecule has 2 aliphatic rings. The smallest absolute Gasteiger partial charge is 0.0474 e. The fourth-order valence-corrected chi connectivity index (χ4v) is 2.79. The second-order valence-electron chi connectivity index (χ2n) is 4.18. The molecule has 2 nitrogen and oxygen atoms in total. The van der Waals surface area contributed by atoms with E-state index in [1.165, 1.54) is 45.2 Å². The Morgan fingerprint density at radius 2 is 1.92 bits per heavy atom. The van der Waals surface area contributed by atoms with Crippen molar-refractivity contribution in [1.29, 1.82) is 0 Å². The van der Waals surface area contributed by atoms with Crippen LogP contribution in [0.25, 0.3) is 0 Å². The first-order valence-corrected chi connectivity index (χ1v) is 5.26. The Kier molecular flexibility index (Phi) is 2.66. The molecule has 12 heavy (non-hydrogen) atoms. The van der Waals surface area contributed by atoms with E-state index in [9.17, 15) is 5.11 Å². The average molecular weight is 169 g/mol. The monoisotopic (exact) mass is 169 g/mol. The van der Waals surface area contributed by atoms with Gasteiger partial charge in [0.25, 0.3) is 0 Å². The lowest BCUT2D eigenvalue weighted by atomic mass is 9.84. The van der Waals surface area contributed by atoms with Crippen molar-refractivity contribution in [2.75, 3.05) is 19.7 Å². The molecule has 0 bridgehead atoms. The van der Waals surface area contributed by atoms with Crippen molar-refractivity contribution in [2.24, 2.45) is 5.92 Å². The molecule has 0 aromatic rings. The number of fused-ring (bicyclic) bond motifs is 1. The minimum absolute atomic E-state index is 0.404. The first-order chi connectivity index (χ1) is 5.92. The molecule has 0 aliphatic carbocycles. The Bertz CT molecular complexity index is 140. The minimum atomic E-state index is 0.404. The fourth-order valence-electron chi connectivity index (χ4n) is 2.79. The van der Waals surface area contributed by atoms with Crippen LogP contribution in [0.2, 0.25) is 0 Å². The molecule has 2 heterocycles. The summed E-state index contributed by atoms with van der Waals surface area (Å²) in [7, 11) is 0. The van der Waals surface area contributed by atoms with Crippen molar-refractivity contribution >= 4 is 0 Å². The molecular weight excluding hydrogens is 150 g/mol. The van der Waals surface area contributed by atoms with Gasteiger partial charge in [0.1, 0.15) is 0 Å². The number of hydrogen-bond acceptors (Lipinski definition) is 2. The Balaban J connectivity index is 1.99. The quantitative estimate of drug-likeness (QED) is 0.638. The van der Waals surface area contributed by atoms with Crippen LogP contribution in [0.3, 0.4) is 0 Å². The Morgan fingerprint density at radius 3 is 2.75 bits per heavy atom. The maximum Gasteiger partial charge on any atom is 0.0474 e. The molecule has 0 unspecified atom stereocenters. The Hall–Kier alpha value is -0.0800. The second kappa shape index (κ2) is 3.75. The highest BCUT2D eigenvalue weighted by atomic mass is 16.3. The molecule has 1 N–H and O–H groups in total. The van der Waals surface area contributed by atoms with E-state index in [0.717, 1.165) is 6.04 Å². The molecule has 0 spiro atoms. The number of aliphatic hydroxyl groups is 1. The van der Waals surface area contributed by atoms with Gasteiger partial charge in [-0.05, 0) is 44.7 Å². The van der Waals surface area contributed by atoms with Crippen molar-refractivity contribution in [3.05, 3.63) is 0 Å².